The zero-order valence-electron chi connectivity index (χ0n) is 12.9. The van der Waals surface area contributed by atoms with Gasteiger partial charge < -0.3 is 0 Å². The minimum Gasteiger partial charge on any atom is -0.0918 e. The lowest BCUT2D eigenvalue weighted by molar-refractivity contribution is 0.547. The van der Waals surface area contributed by atoms with Gasteiger partial charge in [0.2, 0.25) is 0 Å². The highest BCUT2D eigenvalue weighted by atomic mass is 79.9. The smallest absolute Gasteiger partial charge is 0.0189 e. The summed E-state index contributed by atoms with van der Waals surface area (Å²) >= 11 is 7.54. The molecule has 0 bridgehead atoms. The molecule has 0 heterocycles. The molecule has 2 rings (SSSR count). The molecule has 0 saturated carbocycles. The lowest BCUT2D eigenvalue weighted by Crippen LogP contribution is -2.33. The molecule has 0 aliphatic carbocycles. The number of rotatable bonds is 5. The Bertz CT molecular complexity index is 592. The first kappa shape index (κ1) is 16.8. The van der Waals surface area contributed by atoms with Crippen LogP contribution in [0.25, 0.3) is 0 Å². The van der Waals surface area contributed by atoms with E-state index >= 15 is 0 Å². The third-order valence-corrected chi connectivity index (χ3v) is 6.20. The van der Waals surface area contributed by atoms with Crippen LogP contribution >= 0.6 is 31.9 Å². The van der Waals surface area contributed by atoms with E-state index in [1.807, 2.05) is 0 Å². The van der Waals surface area contributed by atoms with Crippen molar-refractivity contribution in [1.29, 1.82) is 0 Å². The summed E-state index contributed by atoms with van der Waals surface area (Å²) in [5.74, 6) is 0. The molecule has 0 amide bonds. The molecule has 0 nitrogen and oxygen atoms in total. The average Bonchev–Trinajstić information content (AvgIpc) is 2.44. The summed E-state index contributed by atoms with van der Waals surface area (Å²) in [5.41, 5.74) is 6.97. The fraction of sp³-hybridized carbons (Fsp3) is 0.368. The SMILES string of the molecule is Cc1cc(C)cc(CC(CBr)(CBr)c2ccccc2C)c1. The van der Waals surface area contributed by atoms with Gasteiger partial charge in [0.15, 0.2) is 0 Å². The summed E-state index contributed by atoms with van der Waals surface area (Å²) in [4.78, 5) is 0. The number of benzene rings is 2. The molecule has 0 aliphatic rings. The van der Waals surface area contributed by atoms with Crippen LogP contribution in [0.4, 0.5) is 0 Å². The summed E-state index contributed by atoms with van der Waals surface area (Å²) in [7, 11) is 0. The van der Waals surface area contributed by atoms with Gasteiger partial charge in [-0.1, -0.05) is 85.5 Å². The van der Waals surface area contributed by atoms with Crippen molar-refractivity contribution in [3.8, 4) is 0 Å². The Morgan fingerprint density at radius 1 is 0.857 bits per heavy atom. The number of aryl methyl sites for hydroxylation is 3. The topological polar surface area (TPSA) is 0 Å². The predicted molar refractivity (Wildman–Crippen MR) is 100 cm³/mol. The van der Waals surface area contributed by atoms with E-state index in [9.17, 15) is 0 Å². The Hall–Kier alpha value is -0.600. The molecular weight excluding hydrogens is 388 g/mol. The highest BCUT2D eigenvalue weighted by Crippen LogP contribution is 2.35. The highest BCUT2D eigenvalue weighted by molar-refractivity contribution is 9.09. The maximum atomic E-state index is 3.77. The first-order valence-electron chi connectivity index (χ1n) is 7.26. The molecule has 0 N–H and O–H groups in total. The third kappa shape index (κ3) is 3.78. The van der Waals surface area contributed by atoms with Crippen molar-refractivity contribution < 1.29 is 0 Å². The van der Waals surface area contributed by atoms with Crippen molar-refractivity contribution in [3.05, 3.63) is 70.3 Å². The number of alkyl halides is 2. The fourth-order valence-corrected chi connectivity index (χ4v) is 5.03. The van der Waals surface area contributed by atoms with Crippen molar-refractivity contribution in [2.24, 2.45) is 0 Å². The monoisotopic (exact) mass is 408 g/mol. The van der Waals surface area contributed by atoms with Crippen LogP contribution in [0.2, 0.25) is 0 Å². The van der Waals surface area contributed by atoms with Gasteiger partial charge in [0.25, 0.3) is 0 Å². The van der Waals surface area contributed by atoms with Crippen LogP contribution in [-0.2, 0) is 11.8 Å². The number of hydrogen-bond acceptors (Lipinski definition) is 0. The van der Waals surface area contributed by atoms with Gasteiger partial charge in [-0.3, -0.25) is 0 Å². The van der Waals surface area contributed by atoms with Crippen LogP contribution in [-0.4, -0.2) is 10.7 Å². The Morgan fingerprint density at radius 2 is 1.43 bits per heavy atom. The quantitative estimate of drug-likeness (QED) is 0.540. The maximum Gasteiger partial charge on any atom is 0.0189 e. The lowest BCUT2D eigenvalue weighted by atomic mass is 9.77. The standard InChI is InChI=1S/C19H22Br2/c1-14-8-15(2)10-17(9-14)11-19(12-20,13-21)18-7-5-4-6-16(18)3/h4-10H,11-13H2,1-3H3. The zero-order valence-corrected chi connectivity index (χ0v) is 16.1. The van der Waals surface area contributed by atoms with Crippen LogP contribution in [0, 0.1) is 20.8 Å². The Morgan fingerprint density at radius 3 is 1.95 bits per heavy atom. The van der Waals surface area contributed by atoms with Crippen molar-refractivity contribution >= 4 is 31.9 Å². The van der Waals surface area contributed by atoms with E-state index < -0.39 is 0 Å². The fourth-order valence-electron chi connectivity index (χ4n) is 3.10. The minimum atomic E-state index is 0.0889. The van der Waals surface area contributed by atoms with Gasteiger partial charge >= 0.3 is 0 Å². The normalized spacial score (nSPS) is 11.7. The summed E-state index contributed by atoms with van der Waals surface area (Å²) in [6.07, 6.45) is 1.04. The summed E-state index contributed by atoms with van der Waals surface area (Å²) in [5, 5.41) is 1.90. The second-order valence-electron chi connectivity index (χ2n) is 6.04. The molecule has 112 valence electrons. The third-order valence-electron chi connectivity index (χ3n) is 4.05. The van der Waals surface area contributed by atoms with E-state index in [1.165, 1.54) is 27.8 Å². The summed E-state index contributed by atoms with van der Waals surface area (Å²) < 4.78 is 0. The molecular formula is C19H22Br2. The van der Waals surface area contributed by atoms with Crippen molar-refractivity contribution in [2.45, 2.75) is 32.6 Å². The van der Waals surface area contributed by atoms with Crippen molar-refractivity contribution in [1.82, 2.24) is 0 Å². The Balaban J connectivity index is 2.45. The van der Waals surface area contributed by atoms with Gasteiger partial charge in [0, 0.05) is 16.1 Å². The summed E-state index contributed by atoms with van der Waals surface area (Å²) in [6, 6.07) is 15.6. The number of halogens is 2. The van der Waals surface area contributed by atoms with E-state index in [1.54, 1.807) is 0 Å². The van der Waals surface area contributed by atoms with Gasteiger partial charge in [-0.15, -0.1) is 0 Å². The van der Waals surface area contributed by atoms with Gasteiger partial charge in [-0.2, -0.15) is 0 Å². The van der Waals surface area contributed by atoms with Crippen LogP contribution < -0.4 is 0 Å². The Kier molecular flexibility index (Phi) is 5.67. The second kappa shape index (κ2) is 7.11. The first-order valence-corrected chi connectivity index (χ1v) is 9.50. The second-order valence-corrected chi connectivity index (χ2v) is 7.16. The van der Waals surface area contributed by atoms with Crippen LogP contribution in [0.15, 0.2) is 42.5 Å². The van der Waals surface area contributed by atoms with E-state index in [2.05, 4.69) is 95.1 Å². The molecule has 0 spiro atoms. The average molecular weight is 410 g/mol. The maximum absolute atomic E-state index is 3.77. The van der Waals surface area contributed by atoms with Gasteiger partial charge in [0.05, 0.1) is 0 Å². The number of hydrogen-bond donors (Lipinski definition) is 0. The molecule has 2 aromatic rings. The molecule has 0 saturated heterocycles. The molecule has 0 aliphatic heterocycles. The zero-order chi connectivity index (χ0) is 15.5. The van der Waals surface area contributed by atoms with Crippen molar-refractivity contribution in [2.75, 3.05) is 10.7 Å². The van der Waals surface area contributed by atoms with Crippen molar-refractivity contribution in [3.63, 3.8) is 0 Å². The molecule has 0 radical (unpaired) electrons. The van der Waals surface area contributed by atoms with E-state index in [0.29, 0.717) is 0 Å². The molecule has 0 unspecified atom stereocenters. The van der Waals surface area contributed by atoms with Gasteiger partial charge in [-0.05, 0) is 43.9 Å². The molecule has 0 fully saturated rings. The van der Waals surface area contributed by atoms with E-state index in [-0.39, 0.29) is 5.41 Å². The molecule has 0 aromatic heterocycles. The molecule has 2 heteroatoms. The molecule has 21 heavy (non-hydrogen) atoms. The molecule has 2 aromatic carbocycles. The van der Waals surface area contributed by atoms with E-state index in [4.69, 9.17) is 0 Å². The van der Waals surface area contributed by atoms with Crippen LogP contribution in [0.5, 0.6) is 0 Å². The van der Waals surface area contributed by atoms with Gasteiger partial charge in [0.1, 0.15) is 0 Å². The predicted octanol–water partition coefficient (Wildman–Crippen LogP) is 5.88. The largest absolute Gasteiger partial charge is 0.0918 e. The Labute approximate surface area is 145 Å². The van der Waals surface area contributed by atoms with Gasteiger partial charge in [-0.25, -0.2) is 0 Å². The van der Waals surface area contributed by atoms with Crippen LogP contribution in [0.1, 0.15) is 27.8 Å². The van der Waals surface area contributed by atoms with Crippen LogP contribution in [0.3, 0.4) is 0 Å². The lowest BCUT2D eigenvalue weighted by Gasteiger charge is -2.32. The summed E-state index contributed by atoms with van der Waals surface area (Å²) in [6.45, 7) is 6.55. The highest BCUT2D eigenvalue weighted by Gasteiger charge is 2.31. The minimum absolute atomic E-state index is 0.0889. The molecule has 0 atom stereocenters. The van der Waals surface area contributed by atoms with E-state index in [0.717, 1.165) is 17.1 Å². The first-order chi connectivity index (χ1) is 10.0.